The number of nitrogens with one attached hydrogen (secondary N) is 2. The Morgan fingerprint density at radius 1 is 0.882 bits per heavy atom. The van der Waals surface area contributed by atoms with Gasteiger partial charge in [0, 0.05) is 67.2 Å². The van der Waals surface area contributed by atoms with Crippen LogP contribution in [0.5, 0.6) is 17.2 Å². The van der Waals surface area contributed by atoms with Crippen molar-refractivity contribution in [2.45, 2.75) is 0 Å². The van der Waals surface area contributed by atoms with Crippen LogP contribution in [0.15, 0.2) is 60.9 Å². The highest BCUT2D eigenvalue weighted by atomic mass is 16.5. The molecular weight excluding hydrogens is 428 g/mol. The first-order chi connectivity index (χ1) is 16.8. The third kappa shape index (κ3) is 4.58. The molecule has 0 saturated carbocycles. The molecule has 0 atom stereocenters. The maximum atomic E-state index is 6.06. The molecule has 0 radical (unpaired) electrons. The quantitative estimate of drug-likeness (QED) is 0.412. The topological polar surface area (TPSA) is 71.6 Å². The number of nitrogens with zero attached hydrogens (tertiary/aromatic N) is 2. The molecular formula is C27H30N4O3. The Bertz CT molecular complexity index is 1260. The molecule has 3 heterocycles. The molecule has 2 aromatic heterocycles. The van der Waals surface area contributed by atoms with Gasteiger partial charge in [-0.25, -0.2) is 4.98 Å². The minimum Gasteiger partial charge on any atom is -0.496 e. The molecule has 0 unspecified atom stereocenters. The molecule has 1 aliphatic heterocycles. The van der Waals surface area contributed by atoms with Crippen LogP contribution in [0.2, 0.25) is 0 Å². The number of H-pyrrole nitrogens is 1. The predicted molar refractivity (Wildman–Crippen MR) is 135 cm³/mol. The summed E-state index contributed by atoms with van der Waals surface area (Å²) in [6, 6.07) is 16.2. The monoisotopic (exact) mass is 458 g/mol. The van der Waals surface area contributed by atoms with E-state index in [1.54, 1.807) is 14.2 Å². The first kappa shape index (κ1) is 22.3. The highest BCUT2D eigenvalue weighted by molar-refractivity contribution is 5.97. The fourth-order valence-electron chi connectivity index (χ4n) is 4.44. The molecule has 176 valence electrons. The molecule has 34 heavy (non-hydrogen) atoms. The first-order valence-electron chi connectivity index (χ1n) is 11.6. The van der Waals surface area contributed by atoms with Gasteiger partial charge in [-0.15, -0.1) is 0 Å². The second kappa shape index (κ2) is 10.2. The van der Waals surface area contributed by atoms with Crippen LogP contribution in [0.25, 0.3) is 33.3 Å². The summed E-state index contributed by atoms with van der Waals surface area (Å²) in [5, 5.41) is 4.41. The predicted octanol–water partition coefficient (Wildman–Crippen LogP) is 4.20. The number of fused-ring (bicyclic) bond motifs is 1. The van der Waals surface area contributed by atoms with Crippen molar-refractivity contribution in [1.29, 1.82) is 0 Å². The van der Waals surface area contributed by atoms with E-state index in [2.05, 4.69) is 38.4 Å². The van der Waals surface area contributed by atoms with E-state index in [4.69, 9.17) is 14.2 Å². The normalized spacial score (nSPS) is 14.3. The number of ether oxygens (including phenoxy) is 3. The molecule has 2 aromatic carbocycles. The minimum absolute atomic E-state index is 0.634. The lowest BCUT2D eigenvalue weighted by molar-refractivity contribution is 0.188. The average molecular weight is 459 g/mol. The number of para-hydroxylation sites is 1. The molecule has 0 amide bonds. The van der Waals surface area contributed by atoms with E-state index in [1.807, 2.05) is 42.7 Å². The highest BCUT2D eigenvalue weighted by Crippen LogP contribution is 2.37. The lowest BCUT2D eigenvalue weighted by Gasteiger charge is -2.27. The maximum absolute atomic E-state index is 6.06. The van der Waals surface area contributed by atoms with Crippen LogP contribution < -0.4 is 19.5 Å². The van der Waals surface area contributed by atoms with Crippen molar-refractivity contribution in [3.05, 3.63) is 60.9 Å². The molecule has 7 nitrogen and oxygen atoms in total. The van der Waals surface area contributed by atoms with E-state index >= 15 is 0 Å². The summed E-state index contributed by atoms with van der Waals surface area (Å²) in [6.45, 7) is 5.74. The molecule has 1 aliphatic rings. The summed E-state index contributed by atoms with van der Waals surface area (Å²) >= 11 is 0. The molecule has 1 saturated heterocycles. The van der Waals surface area contributed by atoms with Gasteiger partial charge in [-0.1, -0.05) is 24.3 Å². The highest BCUT2D eigenvalue weighted by Gasteiger charge is 2.14. The zero-order valence-electron chi connectivity index (χ0n) is 19.6. The van der Waals surface area contributed by atoms with Crippen molar-refractivity contribution in [3.8, 4) is 39.5 Å². The fraction of sp³-hybridized carbons (Fsp3) is 0.296. The zero-order chi connectivity index (χ0) is 23.3. The van der Waals surface area contributed by atoms with Gasteiger partial charge in [0.05, 0.1) is 14.2 Å². The van der Waals surface area contributed by atoms with Crippen molar-refractivity contribution in [2.24, 2.45) is 0 Å². The van der Waals surface area contributed by atoms with Gasteiger partial charge in [0.15, 0.2) is 11.5 Å². The lowest BCUT2D eigenvalue weighted by atomic mass is 10.0. The van der Waals surface area contributed by atoms with E-state index in [0.717, 1.165) is 83.3 Å². The summed E-state index contributed by atoms with van der Waals surface area (Å²) in [7, 11) is 3.37. The van der Waals surface area contributed by atoms with Gasteiger partial charge in [0.1, 0.15) is 18.0 Å². The van der Waals surface area contributed by atoms with Gasteiger partial charge in [-0.2, -0.15) is 0 Å². The van der Waals surface area contributed by atoms with E-state index in [0.29, 0.717) is 6.61 Å². The van der Waals surface area contributed by atoms with Crippen molar-refractivity contribution in [3.63, 3.8) is 0 Å². The molecule has 1 fully saturated rings. The maximum Gasteiger partial charge on any atom is 0.161 e. The molecule has 0 bridgehead atoms. The molecule has 0 aliphatic carbocycles. The van der Waals surface area contributed by atoms with Crippen LogP contribution in [0.1, 0.15) is 0 Å². The summed E-state index contributed by atoms with van der Waals surface area (Å²) in [4.78, 5) is 10.3. The first-order valence-corrected chi connectivity index (χ1v) is 11.6. The van der Waals surface area contributed by atoms with Crippen LogP contribution in [0.4, 0.5) is 0 Å². The Hall–Kier alpha value is -3.55. The summed E-state index contributed by atoms with van der Waals surface area (Å²) in [5.41, 5.74) is 4.95. The summed E-state index contributed by atoms with van der Waals surface area (Å²) in [6.07, 6.45) is 3.86. The van der Waals surface area contributed by atoms with Gasteiger partial charge < -0.3 is 24.5 Å². The second-order valence-electron chi connectivity index (χ2n) is 8.33. The van der Waals surface area contributed by atoms with E-state index in [1.165, 1.54) is 0 Å². The van der Waals surface area contributed by atoms with Crippen molar-refractivity contribution >= 4 is 11.0 Å². The number of aromatic nitrogens is 2. The molecule has 7 heteroatoms. The van der Waals surface area contributed by atoms with E-state index in [-0.39, 0.29) is 0 Å². The molecule has 0 spiro atoms. The SMILES string of the molecule is COc1cc(-c2cnc3[nH]cc(-c4ccccc4OC)c3c2)ccc1OCCN1CCNCC1. The summed E-state index contributed by atoms with van der Waals surface area (Å²) in [5.74, 6) is 2.31. The molecule has 2 N–H and O–H groups in total. The Labute approximate surface area is 199 Å². The van der Waals surface area contributed by atoms with Gasteiger partial charge >= 0.3 is 0 Å². The van der Waals surface area contributed by atoms with Crippen LogP contribution in [0.3, 0.4) is 0 Å². The van der Waals surface area contributed by atoms with E-state index < -0.39 is 0 Å². The molecule has 5 rings (SSSR count). The van der Waals surface area contributed by atoms with Crippen LogP contribution in [-0.2, 0) is 0 Å². The van der Waals surface area contributed by atoms with Gasteiger partial charge in [-0.3, -0.25) is 4.90 Å². The van der Waals surface area contributed by atoms with Crippen molar-refractivity contribution in [1.82, 2.24) is 20.2 Å². The fourth-order valence-corrected chi connectivity index (χ4v) is 4.44. The second-order valence-corrected chi connectivity index (χ2v) is 8.33. The number of benzene rings is 2. The van der Waals surface area contributed by atoms with Crippen LogP contribution >= 0.6 is 0 Å². The third-order valence-corrected chi connectivity index (χ3v) is 6.30. The Kier molecular flexibility index (Phi) is 6.65. The summed E-state index contributed by atoms with van der Waals surface area (Å²) < 4.78 is 17.3. The van der Waals surface area contributed by atoms with Gasteiger partial charge in [0.2, 0.25) is 0 Å². The standard InChI is InChI=1S/C27H30N4O3/c1-32-24-6-4-3-5-21(24)23-18-30-27-22(23)15-20(17-29-27)19-7-8-25(26(16-19)33-2)34-14-13-31-11-9-28-10-12-31/h3-8,15-18,28H,9-14H2,1-2H3,(H,29,30). The van der Waals surface area contributed by atoms with Crippen LogP contribution in [-0.4, -0.2) is 68.4 Å². The molecule has 4 aromatic rings. The van der Waals surface area contributed by atoms with Crippen molar-refractivity contribution < 1.29 is 14.2 Å². The van der Waals surface area contributed by atoms with Crippen LogP contribution in [0, 0.1) is 0 Å². The number of aromatic amines is 1. The number of rotatable bonds is 8. The Balaban J connectivity index is 1.39. The number of methoxy groups -OCH3 is 2. The average Bonchev–Trinajstić information content (AvgIpc) is 3.32. The Morgan fingerprint density at radius 2 is 1.71 bits per heavy atom. The number of hydrogen-bond acceptors (Lipinski definition) is 6. The zero-order valence-corrected chi connectivity index (χ0v) is 19.6. The minimum atomic E-state index is 0.634. The van der Waals surface area contributed by atoms with Gasteiger partial charge in [0.25, 0.3) is 0 Å². The number of hydrogen-bond donors (Lipinski definition) is 2. The number of pyridine rings is 1. The third-order valence-electron chi connectivity index (χ3n) is 6.30. The lowest BCUT2D eigenvalue weighted by Crippen LogP contribution is -2.44. The van der Waals surface area contributed by atoms with E-state index in [9.17, 15) is 0 Å². The van der Waals surface area contributed by atoms with Gasteiger partial charge in [-0.05, 0) is 29.8 Å². The smallest absolute Gasteiger partial charge is 0.161 e. The van der Waals surface area contributed by atoms with Crippen molar-refractivity contribution in [2.75, 3.05) is 53.6 Å². The largest absolute Gasteiger partial charge is 0.496 e. The Morgan fingerprint density at radius 3 is 2.53 bits per heavy atom. The number of piperazine rings is 1.